The Bertz CT molecular complexity index is 352. The third kappa shape index (κ3) is 2.02. The van der Waals surface area contributed by atoms with Crippen molar-refractivity contribution in [3.05, 3.63) is 0 Å². The van der Waals surface area contributed by atoms with Gasteiger partial charge in [-0.1, -0.05) is 13.8 Å². The van der Waals surface area contributed by atoms with Crippen molar-refractivity contribution in [1.82, 2.24) is 5.32 Å². The highest BCUT2D eigenvalue weighted by Crippen LogP contribution is 2.36. The van der Waals surface area contributed by atoms with Gasteiger partial charge < -0.3 is 5.32 Å². The lowest BCUT2D eigenvalue weighted by Crippen LogP contribution is -2.51. The van der Waals surface area contributed by atoms with Crippen molar-refractivity contribution in [3.8, 4) is 0 Å². The van der Waals surface area contributed by atoms with Crippen molar-refractivity contribution in [2.45, 2.75) is 56.6 Å². The van der Waals surface area contributed by atoms with Gasteiger partial charge in [-0.15, -0.1) is 0 Å². The quantitative estimate of drug-likeness (QED) is 0.705. The smallest absolute Gasteiger partial charge is 0.157 e. The molecule has 1 saturated heterocycles. The second-order valence-electron chi connectivity index (χ2n) is 5.77. The number of sulfone groups is 1. The first-order valence-electron chi connectivity index (χ1n) is 6.39. The van der Waals surface area contributed by atoms with Crippen LogP contribution in [0.25, 0.3) is 0 Å². The van der Waals surface area contributed by atoms with Gasteiger partial charge in [-0.3, -0.25) is 0 Å². The van der Waals surface area contributed by atoms with Crippen LogP contribution in [0.4, 0.5) is 0 Å². The molecule has 1 saturated carbocycles. The summed E-state index contributed by atoms with van der Waals surface area (Å²) in [6.45, 7) is 7.05. The van der Waals surface area contributed by atoms with Crippen LogP contribution in [0.3, 0.4) is 0 Å². The third-order valence-corrected chi connectivity index (χ3v) is 7.19. The van der Waals surface area contributed by atoms with Crippen molar-refractivity contribution in [2.75, 3.05) is 6.54 Å². The monoisotopic (exact) mass is 245 g/mol. The van der Waals surface area contributed by atoms with Crippen LogP contribution in [0.15, 0.2) is 0 Å². The SMILES string of the molecule is CC1CC(C)C2C(C1)NCCC(C)S2(=O)=O. The number of nitrogens with one attached hydrogen (secondary N) is 1. The molecule has 3 nitrogen and oxygen atoms in total. The molecule has 1 N–H and O–H groups in total. The molecule has 4 heteroatoms. The van der Waals surface area contributed by atoms with E-state index in [1.807, 2.05) is 6.92 Å². The molecule has 0 aromatic rings. The van der Waals surface area contributed by atoms with Crippen molar-refractivity contribution < 1.29 is 8.42 Å². The van der Waals surface area contributed by atoms with Gasteiger partial charge in [0, 0.05) is 6.04 Å². The fraction of sp³-hybridized carbons (Fsp3) is 1.00. The van der Waals surface area contributed by atoms with E-state index in [4.69, 9.17) is 0 Å². The van der Waals surface area contributed by atoms with Gasteiger partial charge in [-0.2, -0.15) is 0 Å². The number of rotatable bonds is 0. The molecule has 1 heterocycles. The first kappa shape index (κ1) is 12.4. The third-order valence-electron chi connectivity index (χ3n) is 4.29. The molecule has 2 fully saturated rings. The lowest BCUT2D eigenvalue weighted by molar-refractivity contribution is 0.246. The van der Waals surface area contributed by atoms with Gasteiger partial charge in [0.15, 0.2) is 9.84 Å². The average molecular weight is 245 g/mol. The van der Waals surface area contributed by atoms with Gasteiger partial charge in [0.05, 0.1) is 10.5 Å². The molecular formula is C12H23NO2S. The molecule has 1 aliphatic heterocycles. The molecule has 0 amide bonds. The minimum absolute atomic E-state index is 0.152. The Morgan fingerprint density at radius 3 is 2.50 bits per heavy atom. The zero-order chi connectivity index (χ0) is 11.9. The second kappa shape index (κ2) is 4.30. The Hall–Kier alpha value is -0.0900. The van der Waals surface area contributed by atoms with E-state index >= 15 is 0 Å². The van der Waals surface area contributed by atoms with E-state index in [-0.39, 0.29) is 16.5 Å². The van der Waals surface area contributed by atoms with Crippen molar-refractivity contribution in [3.63, 3.8) is 0 Å². The molecule has 1 aliphatic carbocycles. The zero-order valence-corrected chi connectivity index (χ0v) is 11.3. The standard InChI is InChI=1S/C12H23NO2S/c1-8-6-9(2)12-11(7-8)13-5-4-10(3)16(12,14)15/h8-13H,4-7H2,1-3H3. The molecule has 0 bridgehead atoms. The summed E-state index contributed by atoms with van der Waals surface area (Å²) in [6.07, 6.45) is 2.83. The van der Waals surface area contributed by atoms with Crippen LogP contribution in [0, 0.1) is 11.8 Å². The van der Waals surface area contributed by atoms with Gasteiger partial charge in [-0.25, -0.2) is 8.42 Å². The predicted octanol–water partition coefficient (Wildman–Crippen LogP) is 1.59. The van der Waals surface area contributed by atoms with Crippen molar-refractivity contribution in [1.29, 1.82) is 0 Å². The highest BCUT2D eigenvalue weighted by atomic mass is 32.2. The Morgan fingerprint density at radius 1 is 1.12 bits per heavy atom. The molecule has 0 radical (unpaired) electrons. The summed E-state index contributed by atoms with van der Waals surface area (Å²) in [5.41, 5.74) is 0. The number of fused-ring (bicyclic) bond motifs is 1. The van der Waals surface area contributed by atoms with E-state index in [0.717, 1.165) is 25.8 Å². The first-order valence-corrected chi connectivity index (χ1v) is 8.00. The molecule has 94 valence electrons. The number of hydrogen-bond acceptors (Lipinski definition) is 3. The molecule has 0 aromatic carbocycles. The summed E-state index contributed by atoms with van der Waals surface area (Å²) in [5.74, 6) is 0.944. The van der Waals surface area contributed by atoms with E-state index in [1.165, 1.54) is 0 Å². The summed E-state index contributed by atoms with van der Waals surface area (Å²) < 4.78 is 24.9. The summed E-state index contributed by atoms with van der Waals surface area (Å²) in [4.78, 5) is 0. The fourth-order valence-corrected chi connectivity index (χ4v) is 5.89. The van der Waals surface area contributed by atoms with Crippen LogP contribution in [-0.4, -0.2) is 31.5 Å². The summed E-state index contributed by atoms with van der Waals surface area (Å²) in [7, 11) is -2.93. The van der Waals surface area contributed by atoms with Gasteiger partial charge in [-0.05, 0) is 44.6 Å². The van der Waals surface area contributed by atoms with Gasteiger partial charge in [0.1, 0.15) is 0 Å². The van der Waals surface area contributed by atoms with E-state index < -0.39 is 9.84 Å². The summed E-state index contributed by atoms with van der Waals surface area (Å²) in [5, 5.41) is 3.12. The van der Waals surface area contributed by atoms with Crippen LogP contribution in [0.1, 0.15) is 40.0 Å². The Kier molecular flexibility index (Phi) is 3.32. The Balaban J connectivity index is 2.33. The first-order chi connectivity index (χ1) is 7.43. The van der Waals surface area contributed by atoms with Crippen LogP contribution >= 0.6 is 0 Å². The minimum Gasteiger partial charge on any atom is -0.313 e. The molecule has 0 spiro atoms. The Labute approximate surface area is 98.9 Å². The molecule has 5 unspecified atom stereocenters. The maximum Gasteiger partial charge on any atom is 0.157 e. The van der Waals surface area contributed by atoms with Gasteiger partial charge in [0.2, 0.25) is 0 Å². The molecule has 2 rings (SSSR count). The van der Waals surface area contributed by atoms with Gasteiger partial charge >= 0.3 is 0 Å². The summed E-state index contributed by atoms with van der Waals surface area (Å²) >= 11 is 0. The van der Waals surface area contributed by atoms with E-state index in [9.17, 15) is 8.42 Å². The molecule has 2 aliphatic rings. The van der Waals surface area contributed by atoms with E-state index in [0.29, 0.717) is 11.8 Å². The number of hydrogen-bond donors (Lipinski definition) is 1. The maximum absolute atomic E-state index is 12.4. The minimum atomic E-state index is -2.93. The molecular weight excluding hydrogens is 222 g/mol. The highest BCUT2D eigenvalue weighted by molar-refractivity contribution is 7.92. The van der Waals surface area contributed by atoms with Crippen LogP contribution < -0.4 is 5.32 Å². The van der Waals surface area contributed by atoms with Crippen LogP contribution in [0.5, 0.6) is 0 Å². The Morgan fingerprint density at radius 2 is 1.81 bits per heavy atom. The molecule has 5 atom stereocenters. The summed E-state index contributed by atoms with van der Waals surface area (Å²) in [6, 6.07) is 0.189. The highest BCUT2D eigenvalue weighted by Gasteiger charge is 2.45. The lowest BCUT2D eigenvalue weighted by atomic mass is 9.80. The molecule has 0 aromatic heterocycles. The van der Waals surface area contributed by atoms with Crippen molar-refractivity contribution >= 4 is 9.84 Å². The largest absolute Gasteiger partial charge is 0.313 e. The van der Waals surface area contributed by atoms with E-state index in [1.54, 1.807) is 0 Å². The lowest BCUT2D eigenvalue weighted by Gasteiger charge is -2.38. The predicted molar refractivity (Wildman–Crippen MR) is 66.1 cm³/mol. The maximum atomic E-state index is 12.4. The normalized spacial score (nSPS) is 48.1. The van der Waals surface area contributed by atoms with Crippen molar-refractivity contribution in [2.24, 2.45) is 11.8 Å². The fourth-order valence-electron chi connectivity index (χ4n) is 3.49. The van der Waals surface area contributed by atoms with Crippen LogP contribution in [-0.2, 0) is 9.84 Å². The molecule has 16 heavy (non-hydrogen) atoms. The zero-order valence-electron chi connectivity index (χ0n) is 10.4. The van der Waals surface area contributed by atoms with Gasteiger partial charge in [0.25, 0.3) is 0 Å². The average Bonchev–Trinajstić information content (AvgIpc) is 2.24. The topological polar surface area (TPSA) is 46.2 Å². The van der Waals surface area contributed by atoms with E-state index in [2.05, 4.69) is 19.2 Å². The second-order valence-corrected chi connectivity index (χ2v) is 8.29. The van der Waals surface area contributed by atoms with Crippen LogP contribution in [0.2, 0.25) is 0 Å².